The average Bonchev–Trinajstić information content (AvgIpc) is 2.54. The van der Waals surface area contributed by atoms with Crippen LogP contribution in [0.15, 0.2) is 42.5 Å². The zero-order valence-electron chi connectivity index (χ0n) is 13.1. The summed E-state index contributed by atoms with van der Waals surface area (Å²) in [6.45, 7) is 1.70. The van der Waals surface area contributed by atoms with E-state index < -0.39 is 0 Å². The van der Waals surface area contributed by atoms with Gasteiger partial charge in [-0.15, -0.1) is 0 Å². The molecule has 1 N–H and O–H groups in total. The molecule has 3 nitrogen and oxygen atoms in total. The van der Waals surface area contributed by atoms with Crippen LogP contribution in [0.5, 0.6) is 5.75 Å². The number of hydrogen-bond acceptors (Lipinski definition) is 3. The third-order valence-corrected chi connectivity index (χ3v) is 4.37. The first-order chi connectivity index (χ1) is 10.7. The Kier molecular flexibility index (Phi) is 4.14. The number of aryl methyl sites for hydroxylation is 1. The highest BCUT2D eigenvalue weighted by atomic mass is 16.5. The van der Waals surface area contributed by atoms with E-state index in [1.54, 1.807) is 14.0 Å². The number of carbonyl (C=O) groups excluding carboxylic acids is 1. The molecule has 3 heteroatoms. The van der Waals surface area contributed by atoms with Crippen LogP contribution in [0.4, 0.5) is 11.4 Å². The number of nitrogens with one attached hydrogen (secondary N) is 1. The molecule has 0 spiro atoms. The van der Waals surface area contributed by atoms with Crippen molar-refractivity contribution in [3.8, 4) is 5.75 Å². The number of fused-ring (bicyclic) bond motifs is 1. The number of benzene rings is 2. The van der Waals surface area contributed by atoms with E-state index in [1.165, 1.54) is 11.1 Å². The monoisotopic (exact) mass is 295 g/mol. The van der Waals surface area contributed by atoms with Gasteiger partial charge in [-0.3, -0.25) is 4.79 Å². The van der Waals surface area contributed by atoms with Crippen molar-refractivity contribution in [2.45, 2.75) is 26.2 Å². The Labute approximate surface area is 131 Å². The number of ether oxygens (including phenoxy) is 1. The summed E-state index contributed by atoms with van der Waals surface area (Å²) < 4.78 is 5.25. The van der Waals surface area contributed by atoms with Gasteiger partial charge in [-0.1, -0.05) is 12.1 Å². The van der Waals surface area contributed by atoms with Gasteiger partial charge in [-0.25, -0.2) is 0 Å². The lowest BCUT2D eigenvalue weighted by atomic mass is 9.82. The molecule has 0 fully saturated rings. The Morgan fingerprint density at radius 3 is 2.73 bits per heavy atom. The SMILES string of the molecule is COc1cccc(Nc2ccc3c(c2)CCC(C(C)=O)C3)c1. The van der Waals surface area contributed by atoms with Crippen LogP contribution in [-0.4, -0.2) is 12.9 Å². The molecule has 2 aromatic carbocycles. The highest BCUT2D eigenvalue weighted by molar-refractivity contribution is 5.79. The van der Waals surface area contributed by atoms with Crippen LogP contribution in [0.25, 0.3) is 0 Å². The molecule has 1 unspecified atom stereocenters. The summed E-state index contributed by atoms with van der Waals surface area (Å²) in [6, 6.07) is 14.3. The van der Waals surface area contributed by atoms with E-state index in [0.717, 1.165) is 36.4 Å². The van der Waals surface area contributed by atoms with Crippen molar-refractivity contribution in [2.24, 2.45) is 5.92 Å². The minimum absolute atomic E-state index is 0.199. The van der Waals surface area contributed by atoms with Crippen LogP contribution in [0.2, 0.25) is 0 Å². The molecule has 1 aliphatic rings. The molecule has 0 saturated carbocycles. The minimum Gasteiger partial charge on any atom is -0.497 e. The number of anilines is 2. The topological polar surface area (TPSA) is 38.3 Å². The molecule has 0 bridgehead atoms. The maximum atomic E-state index is 11.6. The lowest BCUT2D eigenvalue weighted by Gasteiger charge is -2.23. The first-order valence-electron chi connectivity index (χ1n) is 7.69. The van der Waals surface area contributed by atoms with Gasteiger partial charge in [0.25, 0.3) is 0 Å². The maximum Gasteiger partial charge on any atom is 0.133 e. The summed E-state index contributed by atoms with van der Waals surface area (Å²) in [5, 5.41) is 3.42. The lowest BCUT2D eigenvalue weighted by molar-refractivity contribution is -0.121. The normalized spacial score (nSPS) is 16.7. The van der Waals surface area contributed by atoms with Gasteiger partial charge in [0.15, 0.2) is 0 Å². The Balaban J connectivity index is 1.78. The van der Waals surface area contributed by atoms with Crippen LogP contribution in [0.3, 0.4) is 0 Å². The molecule has 0 aliphatic heterocycles. The Morgan fingerprint density at radius 2 is 1.95 bits per heavy atom. The molecule has 1 aliphatic carbocycles. The van der Waals surface area contributed by atoms with Crippen molar-refractivity contribution >= 4 is 17.2 Å². The predicted molar refractivity (Wildman–Crippen MR) is 88.9 cm³/mol. The van der Waals surface area contributed by atoms with E-state index >= 15 is 0 Å². The first-order valence-corrected chi connectivity index (χ1v) is 7.69. The van der Waals surface area contributed by atoms with Gasteiger partial charge in [0.05, 0.1) is 7.11 Å². The van der Waals surface area contributed by atoms with Gasteiger partial charge < -0.3 is 10.1 Å². The van der Waals surface area contributed by atoms with Crippen molar-refractivity contribution < 1.29 is 9.53 Å². The molecule has 0 radical (unpaired) electrons. The van der Waals surface area contributed by atoms with Gasteiger partial charge >= 0.3 is 0 Å². The third-order valence-electron chi connectivity index (χ3n) is 4.37. The smallest absolute Gasteiger partial charge is 0.133 e. The molecular weight excluding hydrogens is 274 g/mol. The van der Waals surface area contributed by atoms with Gasteiger partial charge in [-0.05, 0) is 61.6 Å². The molecular formula is C19H21NO2. The van der Waals surface area contributed by atoms with Crippen LogP contribution in [-0.2, 0) is 17.6 Å². The van der Waals surface area contributed by atoms with E-state index in [4.69, 9.17) is 4.74 Å². The van der Waals surface area contributed by atoms with Gasteiger partial charge in [0.2, 0.25) is 0 Å². The molecule has 2 aromatic rings. The summed E-state index contributed by atoms with van der Waals surface area (Å²) in [4.78, 5) is 11.6. The second-order valence-electron chi connectivity index (χ2n) is 5.89. The second kappa shape index (κ2) is 6.22. The van der Waals surface area contributed by atoms with E-state index in [1.807, 2.05) is 24.3 Å². The number of hydrogen-bond donors (Lipinski definition) is 1. The lowest BCUT2D eigenvalue weighted by Crippen LogP contribution is -2.20. The van der Waals surface area contributed by atoms with Crippen LogP contribution in [0, 0.1) is 5.92 Å². The Morgan fingerprint density at radius 1 is 1.14 bits per heavy atom. The first kappa shape index (κ1) is 14.6. The minimum atomic E-state index is 0.199. The summed E-state index contributed by atoms with van der Waals surface area (Å²) in [5.41, 5.74) is 4.75. The zero-order valence-corrected chi connectivity index (χ0v) is 13.1. The van der Waals surface area contributed by atoms with Crippen LogP contribution in [0.1, 0.15) is 24.5 Å². The standard InChI is InChI=1S/C19H21NO2/c1-13(21)14-6-7-16-11-18(9-8-15(16)10-14)20-17-4-3-5-19(12-17)22-2/h3-5,8-9,11-12,14,20H,6-7,10H2,1-2H3. The number of rotatable bonds is 4. The van der Waals surface area contributed by atoms with E-state index in [0.29, 0.717) is 5.78 Å². The molecule has 0 saturated heterocycles. The van der Waals surface area contributed by atoms with Gasteiger partial charge in [0.1, 0.15) is 11.5 Å². The fraction of sp³-hybridized carbons (Fsp3) is 0.316. The Bertz CT molecular complexity index is 694. The van der Waals surface area contributed by atoms with Crippen LogP contribution < -0.4 is 10.1 Å². The van der Waals surface area contributed by atoms with E-state index in [9.17, 15) is 4.79 Å². The third kappa shape index (κ3) is 3.14. The maximum absolute atomic E-state index is 11.6. The molecule has 0 amide bonds. The molecule has 3 rings (SSSR count). The number of ketones is 1. The van der Waals surface area contributed by atoms with E-state index in [2.05, 4.69) is 23.5 Å². The molecule has 114 valence electrons. The fourth-order valence-corrected chi connectivity index (χ4v) is 3.05. The van der Waals surface area contributed by atoms with Crippen molar-refractivity contribution in [3.63, 3.8) is 0 Å². The van der Waals surface area contributed by atoms with E-state index in [-0.39, 0.29) is 5.92 Å². The molecule has 0 aromatic heterocycles. The summed E-state index contributed by atoms with van der Waals surface area (Å²) >= 11 is 0. The fourth-order valence-electron chi connectivity index (χ4n) is 3.05. The highest BCUT2D eigenvalue weighted by Crippen LogP contribution is 2.30. The molecule has 0 heterocycles. The highest BCUT2D eigenvalue weighted by Gasteiger charge is 2.21. The number of methoxy groups -OCH3 is 1. The van der Waals surface area contributed by atoms with Gasteiger partial charge in [0, 0.05) is 23.4 Å². The average molecular weight is 295 g/mol. The summed E-state index contributed by atoms with van der Waals surface area (Å²) in [7, 11) is 1.67. The van der Waals surface area contributed by atoms with Gasteiger partial charge in [-0.2, -0.15) is 0 Å². The molecule has 1 atom stereocenters. The molecule has 22 heavy (non-hydrogen) atoms. The Hall–Kier alpha value is -2.29. The van der Waals surface area contributed by atoms with Crippen molar-refractivity contribution in [2.75, 3.05) is 12.4 Å². The van der Waals surface area contributed by atoms with Crippen molar-refractivity contribution in [1.29, 1.82) is 0 Å². The number of carbonyl (C=O) groups is 1. The summed E-state index contributed by atoms with van der Waals surface area (Å²) in [5.74, 6) is 1.35. The number of Topliss-reactive ketones (excluding diaryl/α,β-unsaturated/α-hetero) is 1. The van der Waals surface area contributed by atoms with Crippen molar-refractivity contribution in [1.82, 2.24) is 0 Å². The predicted octanol–water partition coefficient (Wildman–Crippen LogP) is 4.13. The largest absolute Gasteiger partial charge is 0.497 e. The van der Waals surface area contributed by atoms with Crippen molar-refractivity contribution in [3.05, 3.63) is 53.6 Å². The summed E-state index contributed by atoms with van der Waals surface area (Å²) in [6.07, 6.45) is 2.82. The van der Waals surface area contributed by atoms with Crippen LogP contribution >= 0.6 is 0 Å². The second-order valence-corrected chi connectivity index (χ2v) is 5.89. The quantitative estimate of drug-likeness (QED) is 0.921. The zero-order chi connectivity index (χ0) is 15.5.